The second kappa shape index (κ2) is 6.32. The molecule has 0 aliphatic rings. The third-order valence-electron chi connectivity index (χ3n) is 3.10. The number of nitrogens with zero attached hydrogens (tertiary/aromatic N) is 4. The van der Waals surface area contributed by atoms with Gasteiger partial charge in [0.1, 0.15) is 4.90 Å². The Bertz CT molecular complexity index is 779. The molecular weight excluding hydrogens is 335 g/mol. The van der Waals surface area contributed by atoms with Crippen LogP contribution in [0.25, 0.3) is 0 Å². The molecule has 7 nitrogen and oxygen atoms in total. The molecule has 2 rings (SSSR count). The number of aromatic nitrogens is 4. The van der Waals surface area contributed by atoms with E-state index < -0.39 is 21.9 Å². The standard InChI is InChI=1S/C12H16F3N5O2S/c1-9-6-11(12(13,14)15)18-20(9)5-3-4-17-23(21,22)10-7-16-19(2)8-10/h6-8,17H,3-5H2,1-2H3. The fourth-order valence-electron chi connectivity index (χ4n) is 1.93. The van der Waals surface area contributed by atoms with E-state index >= 15 is 0 Å². The molecule has 0 aromatic carbocycles. The molecule has 23 heavy (non-hydrogen) atoms. The second-order valence-electron chi connectivity index (χ2n) is 4.99. The van der Waals surface area contributed by atoms with Gasteiger partial charge in [-0.3, -0.25) is 9.36 Å². The van der Waals surface area contributed by atoms with Crippen LogP contribution in [0.5, 0.6) is 0 Å². The third-order valence-corrected chi connectivity index (χ3v) is 4.52. The lowest BCUT2D eigenvalue weighted by atomic mass is 10.3. The van der Waals surface area contributed by atoms with Gasteiger partial charge in [-0.2, -0.15) is 23.4 Å². The molecule has 0 aliphatic carbocycles. The van der Waals surface area contributed by atoms with Crippen molar-refractivity contribution in [2.45, 2.75) is 31.0 Å². The van der Waals surface area contributed by atoms with E-state index in [1.54, 1.807) is 7.05 Å². The summed E-state index contributed by atoms with van der Waals surface area (Å²) in [5.74, 6) is 0. The molecule has 0 saturated heterocycles. The van der Waals surface area contributed by atoms with Crippen molar-refractivity contribution in [2.75, 3.05) is 6.54 Å². The molecule has 0 aliphatic heterocycles. The number of rotatable bonds is 6. The lowest BCUT2D eigenvalue weighted by Gasteiger charge is -2.06. The quantitative estimate of drug-likeness (QED) is 0.796. The zero-order valence-electron chi connectivity index (χ0n) is 12.5. The maximum absolute atomic E-state index is 12.5. The molecule has 0 atom stereocenters. The van der Waals surface area contributed by atoms with Gasteiger partial charge in [0.15, 0.2) is 5.69 Å². The lowest BCUT2D eigenvalue weighted by molar-refractivity contribution is -0.141. The number of aryl methyl sites for hydroxylation is 3. The Labute approximate surface area is 131 Å². The van der Waals surface area contributed by atoms with Crippen LogP contribution in [0.2, 0.25) is 0 Å². The maximum atomic E-state index is 12.5. The van der Waals surface area contributed by atoms with E-state index in [0.717, 1.165) is 6.07 Å². The molecule has 0 bridgehead atoms. The molecule has 1 N–H and O–H groups in total. The van der Waals surface area contributed by atoms with Crippen LogP contribution in [0.15, 0.2) is 23.4 Å². The monoisotopic (exact) mass is 351 g/mol. The highest BCUT2D eigenvalue weighted by Crippen LogP contribution is 2.28. The summed E-state index contributed by atoms with van der Waals surface area (Å²) in [5, 5.41) is 7.25. The first kappa shape index (κ1) is 17.5. The zero-order valence-corrected chi connectivity index (χ0v) is 13.3. The number of halogens is 3. The first-order chi connectivity index (χ1) is 10.6. The molecule has 128 valence electrons. The van der Waals surface area contributed by atoms with Gasteiger partial charge in [0, 0.05) is 32.0 Å². The summed E-state index contributed by atoms with van der Waals surface area (Å²) in [7, 11) is -2.07. The molecule has 0 unspecified atom stereocenters. The third kappa shape index (κ3) is 4.32. The SMILES string of the molecule is Cc1cc(C(F)(F)F)nn1CCCNS(=O)(=O)c1cnn(C)c1. The van der Waals surface area contributed by atoms with Gasteiger partial charge in [0.2, 0.25) is 10.0 Å². The van der Waals surface area contributed by atoms with Gasteiger partial charge >= 0.3 is 6.18 Å². The lowest BCUT2D eigenvalue weighted by Crippen LogP contribution is -2.25. The van der Waals surface area contributed by atoms with Crippen molar-refractivity contribution in [1.82, 2.24) is 24.3 Å². The van der Waals surface area contributed by atoms with E-state index in [9.17, 15) is 21.6 Å². The fourth-order valence-corrected chi connectivity index (χ4v) is 2.99. The van der Waals surface area contributed by atoms with Gasteiger partial charge in [0.05, 0.1) is 6.20 Å². The van der Waals surface area contributed by atoms with Gasteiger partial charge in [-0.1, -0.05) is 0 Å². The minimum atomic E-state index is -4.49. The van der Waals surface area contributed by atoms with Crippen LogP contribution in [-0.2, 0) is 29.8 Å². The highest BCUT2D eigenvalue weighted by molar-refractivity contribution is 7.89. The predicted molar refractivity (Wildman–Crippen MR) is 75.0 cm³/mol. The van der Waals surface area contributed by atoms with Gasteiger partial charge in [-0.05, 0) is 19.4 Å². The highest BCUT2D eigenvalue weighted by atomic mass is 32.2. The molecule has 2 aromatic heterocycles. The minimum absolute atomic E-state index is 0.0367. The molecule has 11 heteroatoms. The maximum Gasteiger partial charge on any atom is 0.435 e. The smallest absolute Gasteiger partial charge is 0.274 e. The Kier molecular flexibility index (Phi) is 4.80. The van der Waals surface area contributed by atoms with Crippen molar-refractivity contribution in [3.63, 3.8) is 0 Å². The number of sulfonamides is 1. The van der Waals surface area contributed by atoms with E-state index in [0.29, 0.717) is 12.1 Å². The van der Waals surface area contributed by atoms with Crippen molar-refractivity contribution < 1.29 is 21.6 Å². The average molecular weight is 351 g/mol. The second-order valence-corrected chi connectivity index (χ2v) is 6.76. The summed E-state index contributed by atoms with van der Waals surface area (Å²) in [6, 6.07) is 0.958. The Balaban J connectivity index is 1.90. The van der Waals surface area contributed by atoms with Crippen molar-refractivity contribution >= 4 is 10.0 Å². The summed E-state index contributed by atoms with van der Waals surface area (Å²) in [6.07, 6.45) is -1.61. The first-order valence-electron chi connectivity index (χ1n) is 6.69. The summed E-state index contributed by atoms with van der Waals surface area (Å²) in [6.45, 7) is 1.78. The fraction of sp³-hybridized carbons (Fsp3) is 0.500. The van der Waals surface area contributed by atoms with Gasteiger partial charge < -0.3 is 0 Å². The van der Waals surface area contributed by atoms with Gasteiger partial charge in [0.25, 0.3) is 0 Å². The van der Waals surface area contributed by atoms with Crippen LogP contribution in [-0.4, -0.2) is 34.5 Å². The minimum Gasteiger partial charge on any atom is -0.274 e. The predicted octanol–water partition coefficient (Wildman–Crippen LogP) is 1.31. The molecule has 0 radical (unpaired) electrons. The molecule has 0 saturated carbocycles. The van der Waals surface area contributed by atoms with Crippen LogP contribution >= 0.6 is 0 Å². The van der Waals surface area contributed by atoms with Gasteiger partial charge in [-0.15, -0.1) is 0 Å². The number of nitrogens with one attached hydrogen (secondary N) is 1. The molecule has 0 amide bonds. The number of hydrogen-bond donors (Lipinski definition) is 1. The zero-order chi connectivity index (χ0) is 17.3. The average Bonchev–Trinajstić information content (AvgIpc) is 3.01. The van der Waals surface area contributed by atoms with Crippen LogP contribution < -0.4 is 4.72 Å². The first-order valence-corrected chi connectivity index (χ1v) is 8.18. The van der Waals surface area contributed by atoms with Crippen molar-refractivity contribution in [1.29, 1.82) is 0 Å². The van der Waals surface area contributed by atoms with Crippen LogP contribution in [0, 0.1) is 6.92 Å². The highest BCUT2D eigenvalue weighted by Gasteiger charge is 2.34. The molecule has 0 spiro atoms. The molecule has 2 aromatic rings. The van der Waals surface area contributed by atoms with Crippen molar-refractivity contribution in [3.05, 3.63) is 29.8 Å². The van der Waals surface area contributed by atoms with Crippen LogP contribution in [0.1, 0.15) is 17.8 Å². The largest absolute Gasteiger partial charge is 0.435 e. The Hall–Kier alpha value is -1.88. The molecule has 0 fully saturated rings. The molecule has 2 heterocycles. The summed E-state index contributed by atoms with van der Waals surface area (Å²) in [5.41, 5.74) is -0.585. The topological polar surface area (TPSA) is 81.8 Å². The van der Waals surface area contributed by atoms with E-state index in [1.165, 1.54) is 28.7 Å². The van der Waals surface area contributed by atoms with E-state index in [-0.39, 0.29) is 18.0 Å². The number of alkyl halides is 3. The van der Waals surface area contributed by atoms with Gasteiger partial charge in [-0.25, -0.2) is 13.1 Å². The summed E-state index contributed by atoms with van der Waals surface area (Å²) < 4.78 is 66.4. The Morgan fingerprint density at radius 3 is 2.57 bits per heavy atom. The van der Waals surface area contributed by atoms with Crippen LogP contribution in [0.4, 0.5) is 13.2 Å². The van der Waals surface area contributed by atoms with E-state index in [2.05, 4.69) is 14.9 Å². The molecular formula is C12H16F3N5O2S. The van der Waals surface area contributed by atoms with Crippen molar-refractivity contribution in [3.8, 4) is 0 Å². The number of hydrogen-bond acceptors (Lipinski definition) is 4. The summed E-state index contributed by atoms with van der Waals surface area (Å²) in [4.78, 5) is 0.0367. The summed E-state index contributed by atoms with van der Waals surface area (Å²) >= 11 is 0. The Morgan fingerprint density at radius 1 is 1.35 bits per heavy atom. The van der Waals surface area contributed by atoms with E-state index in [1.807, 2.05) is 0 Å². The van der Waals surface area contributed by atoms with E-state index in [4.69, 9.17) is 0 Å². The van der Waals surface area contributed by atoms with Crippen LogP contribution in [0.3, 0.4) is 0 Å². The normalized spacial score (nSPS) is 12.7. The Morgan fingerprint density at radius 2 is 2.04 bits per heavy atom. The van der Waals surface area contributed by atoms with Crippen molar-refractivity contribution in [2.24, 2.45) is 7.05 Å².